The molecule has 1 aromatic carbocycles. The maximum atomic E-state index is 12.0. The Hall–Kier alpha value is -1.06. The van der Waals surface area contributed by atoms with E-state index in [2.05, 4.69) is 10.6 Å². The van der Waals surface area contributed by atoms with Crippen LogP contribution in [0.5, 0.6) is 0 Å². The molecule has 1 saturated heterocycles. The highest BCUT2D eigenvalue weighted by molar-refractivity contribution is 6.31. The van der Waals surface area contributed by atoms with Gasteiger partial charge in [0.05, 0.1) is 6.04 Å². The second-order valence-electron chi connectivity index (χ2n) is 5.21. The predicted molar refractivity (Wildman–Crippen MR) is 78.2 cm³/mol. The van der Waals surface area contributed by atoms with Crippen molar-refractivity contribution in [2.75, 3.05) is 13.1 Å². The van der Waals surface area contributed by atoms with Gasteiger partial charge in [-0.3, -0.25) is 4.79 Å². The first-order valence-corrected chi connectivity index (χ1v) is 7.29. The van der Waals surface area contributed by atoms with Gasteiger partial charge in [0.2, 0.25) is 5.91 Å². The highest BCUT2D eigenvalue weighted by Gasteiger charge is 2.18. The SMILES string of the molecule is CC(NC(=O)CC1CCNCC1)c1ccccc1Cl. The van der Waals surface area contributed by atoms with Gasteiger partial charge in [0.1, 0.15) is 0 Å². The van der Waals surface area contributed by atoms with Crippen LogP contribution in [0.3, 0.4) is 0 Å². The lowest BCUT2D eigenvalue weighted by atomic mass is 9.94. The number of halogens is 1. The molecule has 1 aliphatic rings. The molecule has 1 heterocycles. The zero-order valence-corrected chi connectivity index (χ0v) is 12.0. The van der Waals surface area contributed by atoms with Gasteiger partial charge in [-0.2, -0.15) is 0 Å². The van der Waals surface area contributed by atoms with Crippen LogP contribution in [0.1, 0.15) is 37.8 Å². The highest BCUT2D eigenvalue weighted by atomic mass is 35.5. The summed E-state index contributed by atoms with van der Waals surface area (Å²) in [5.41, 5.74) is 0.975. The van der Waals surface area contributed by atoms with E-state index in [0.29, 0.717) is 17.4 Å². The quantitative estimate of drug-likeness (QED) is 0.890. The minimum Gasteiger partial charge on any atom is -0.350 e. The first-order chi connectivity index (χ1) is 9.16. The topological polar surface area (TPSA) is 41.1 Å². The molecule has 0 spiro atoms. The summed E-state index contributed by atoms with van der Waals surface area (Å²) < 4.78 is 0. The Morgan fingerprint density at radius 2 is 2.11 bits per heavy atom. The van der Waals surface area contributed by atoms with Crippen molar-refractivity contribution in [2.24, 2.45) is 5.92 Å². The van der Waals surface area contributed by atoms with E-state index in [9.17, 15) is 4.79 Å². The first kappa shape index (κ1) is 14.4. The van der Waals surface area contributed by atoms with Gasteiger partial charge in [-0.25, -0.2) is 0 Å². The normalized spacial score (nSPS) is 18.0. The lowest BCUT2D eigenvalue weighted by Gasteiger charge is -2.23. The van der Waals surface area contributed by atoms with E-state index in [1.54, 1.807) is 0 Å². The van der Waals surface area contributed by atoms with Crippen LogP contribution in [0.15, 0.2) is 24.3 Å². The molecule has 0 saturated carbocycles. The van der Waals surface area contributed by atoms with Crippen LogP contribution >= 0.6 is 11.6 Å². The number of amides is 1. The molecule has 3 nitrogen and oxygen atoms in total. The van der Waals surface area contributed by atoms with Crippen LogP contribution in [0, 0.1) is 5.92 Å². The fourth-order valence-electron chi connectivity index (χ4n) is 2.55. The summed E-state index contributed by atoms with van der Waals surface area (Å²) in [6.07, 6.45) is 2.80. The van der Waals surface area contributed by atoms with Gasteiger partial charge in [0.25, 0.3) is 0 Å². The molecule has 0 aliphatic carbocycles. The zero-order valence-electron chi connectivity index (χ0n) is 11.3. The van der Waals surface area contributed by atoms with Gasteiger partial charge in [-0.05, 0) is 50.4 Å². The number of piperidine rings is 1. The van der Waals surface area contributed by atoms with Crippen molar-refractivity contribution in [3.05, 3.63) is 34.9 Å². The molecule has 1 aliphatic heterocycles. The third-order valence-electron chi connectivity index (χ3n) is 3.68. The predicted octanol–water partition coefficient (Wildman–Crippen LogP) is 2.91. The Morgan fingerprint density at radius 3 is 2.79 bits per heavy atom. The molecule has 1 unspecified atom stereocenters. The fourth-order valence-corrected chi connectivity index (χ4v) is 2.85. The lowest BCUT2D eigenvalue weighted by molar-refractivity contribution is -0.122. The lowest BCUT2D eigenvalue weighted by Crippen LogP contribution is -2.33. The Labute approximate surface area is 119 Å². The number of benzene rings is 1. The van der Waals surface area contributed by atoms with Crippen molar-refractivity contribution in [1.29, 1.82) is 0 Å². The maximum absolute atomic E-state index is 12.0. The second kappa shape index (κ2) is 6.92. The largest absolute Gasteiger partial charge is 0.350 e. The molecular weight excluding hydrogens is 260 g/mol. The number of rotatable bonds is 4. The minimum atomic E-state index is -0.0390. The second-order valence-corrected chi connectivity index (χ2v) is 5.62. The molecule has 19 heavy (non-hydrogen) atoms. The number of carbonyl (C=O) groups is 1. The summed E-state index contributed by atoms with van der Waals surface area (Å²) >= 11 is 6.13. The smallest absolute Gasteiger partial charge is 0.220 e. The van der Waals surface area contributed by atoms with Crippen molar-refractivity contribution in [1.82, 2.24) is 10.6 Å². The van der Waals surface area contributed by atoms with Gasteiger partial charge in [0, 0.05) is 11.4 Å². The molecule has 1 atom stereocenters. The molecule has 2 N–H and O–H groups in total. The molecule has 4 heteroatoms. The van der Waals surface area contributed by atoms with E-state index in [-0.39, 0.29) is 11.9 Å². The van der Waals surface area contributed by atoms with E-state index in [1.807, 2.05) is 31.2 Å². The van der Waals surface area contributed by atoms with Crippen LogP contribution in [0.25, 0.3) is 0 Å². The van der Waals surface area contributed by atoms with Crippen LogP contribution in [-0.4, -0.2) is 19.0 Å². The van der Waals surface area contributed by atoms with Crippen molar-refractivity contribution in [3.8, 4) is 0 Å². The van der Waals surface area contributed by atoms with Gasteiger partial charge in [-0.1, -0.05) is 29.8 Å². The summed E-state index contributed by atoms with van der Waals surface area (Å²) in [6, 6.07) is 7.61. The van der Waals surface area contributed by atoms with Crippen molar-refractivity contribution >= 4 is 17.5 Å². The standard InChI is InChI=1S/C15H21ClN2O/c1-11(13-4-2-3-5-14(13)16)18-15(19)10-12-6-8-17-9-7-12/h2-5,11-12,17H,6-10H2,1H3,(H,18,19). The molecule has 1 fully saturated rings. The zero-order chi connectivity index (χ0) is 13.7. The van der Waals surface area contributed by atoms with Gasteiger partial charge in [0.15, 0.2) is 0 Å². The summed E-state index contributed by atoms with van der Waals surface area (Å²) in [7, 11) is 0. The average molecular weight is 281 g/mol. The Balaban J connectivity index is 1.86. The molecule has 1 amide bonds. The van der Waals surface area contributed by atoms with Gasteiger partial charge >= 0.3 is 0 Å². The van der Waals surface area contributed by atoms with Crippen molar-refractivity contribution < 1.29 is 4.79 Å². The van der Waals surface area contributed by atoms with E-state index >= 15 is 0 Å². The number of hydrogen-bond donors (Lipinski definition) is 2. The van der Waals surface area contributed by atoms with Crippen molar-refractivity contribution in [3.63, 3.8) is 0 Å². The molecule has 0 radical (unpaired) electrons. The number of hydrogen-bond acceptors (Lipinski definition) is 2. The number of carbonyl (C=O) groups excluding carboxylic acids is 1. The summed E-state index contributed by atoms with van der Waals surface area (Å²) in [5, 5.41) is 7.06. The van der Waals surface area contributed by atoms with E-state index in [0.717, 1.165) is 31.5 Å². The fraction of sp³-hybridized carbons (Fsp3) is 0.533. The first-order valence-electron chi connectivity index (χ1n) is 6.91. The Kier molecular flexibility index (Phi) is 5.23. The maximum Gasteiger partial charge on any atom is 0.220 e. The molecule has 2 rings (SSSR count). The van der Waals surface area contributed by atoms with Crippen LogP contribution in [-0.2, 0) is 4.79 Å². The third kappa shape index (κ3) is 4.22. The van der Waals surface area contributed by atoms with Crippen LogP contribution in [0.2, 0.25) is 5.02 Å². The Bertz CT molecular complexity index is 430. The number of nitrogens with one attached hydrogen (secondary N) is 2. The average Bonchev–Trinajstić information content (AvgIpc) is 2.40. The van der Waals surface area contributed by atoms with Gasteiger partial charge in [-0.15, -0.1) is 0 Å². The monoisotopic (exact) mass is 280 g/mol. The third-order valence-corrected chi connectivity index (χ3v) is 4.03. The minimum absolute atomic E-state index is 0.0390. The van der Waals surface area contributed by atoms with Crippen molar-refractivity contribution in [2.45, 2.75) is 32.2 Å². The molecular formula is C15H21ClN2O. The molecule has 0 bridgehead atoms. The summed E-state index contributed by atoms with van der Waals surface area (Å²) in [6.45, 7) is 4.03. The van der Waals surface area contributed by atoms with E-state index in [1.165, 1.54) is 0 Å². The Morgan fingerprint density at radius 1 is 1.42 bits per heavy atom. The summed E-state index contributed by atoms with van der Waals surface area (Å²) in [4.78, 5) is 12.0. The highest BCUT2D eigenvalue weighted by Crippen LogP contribution is 2.23. The summed E-state index contributed by atoms with van der Waals surface area (Å²) in [5.74, 6) is 0.638. The molecule has 1 aromatic rings. The van der Waals surface area contributed by atoms with E-state index < -0.39 is 0 Å². The van der Waals surface area contributed by atoms with Gasteiger partial charge < -0.3 is 10.6 Å². The molecule has 0 aromatic heterocycles. The van der Waals surface area contributed by atoms with Crippen LogP contribution in [0.4, 0.5) is 0 Å². The van der Waals surface area contributed by atoms with Crippen LogP contribution < -0.4 is 10.6 Å². The van der Waals surface area contributed by atoms with E-state index in [4.69, 9.17) is 11.6 Å². The molecule has 104 valence electrons.